The first-order valence-corrected chi connectivity index (χ1v) is 5.37. The largest absolute Gasteiger partial charge is 0.508 e. The summed E-state index contributed by atoms with van der Waals surface area (Å²) in [6.45, 7) is 4.93. The lowest BCUT2D eigenvalue weighted by molar-refractivity contribution is -0.137. The van der Waals surface area contributed by atoms with Gasteiger partial charge in [-0.3, -0.25) is 9.59 Å². The van der Waals surface area contributed by atoms with Gasteiger partial charge in [0.05, 0.1) is 0 Å². The van der Waals surface area contributed by atoms with E-state index in [2.05, 4.69) is 6.58 Å². The maximum absolute atomic E-state index is 12.0. The standard InChI is InChI=1S/C13H15NO4/c1-3-6-14(8-12(16)17)13(18)10-5-4-9(2)11(15)7-10/h3-5,7,15H,1,6,8H2,2H3,(H,16,17). The number of phenols is 1. The smallest absolute Gasteiger partial charge is 0.323 e. The molecule has 0 aliphatic heterocycles. The zero-order valence-electron chi connectivity index (χ0n) is 10.1. The van der Waals surface area contributed by atoms with Gasteiger partial charge in [0, 0.05) is 12.1 Å². The minimum atomic E-state index is -1.10. The van der Waals surface area contributed by atoms with Gasteiger partial charge in [0.15, 0.2) is 0 Å². The third kappa shape index (κ3) is 3.35. The molecule has 0 heterocycles. The Morgan fingerprint density at radius 2 is 2.11 bits per heavy atom. The summed E-state index contributed by atoms with van der Waals surface area (Å²) in [5, 5.41) is 18.3. The van der Waals surface area contributed by atoms with Crippen LogP contribution in [0.5, 0.6) is 5.75 Å². The fourth-order valence-electron chi connectivity index (χ4n) is 1.46. The van der Waals surface area contributed by atoms with Gasteiger partial charge in [0.25, 0.3) is 5.91 Å². The molecule has 96 valence electrons. The van der Waals surface area contributed by atoms with Gasteiger partial charge >= 0.3 is 5.97 Å². The van der Waals surface area contributed by atoms with Crippen molar-refractivity contribution in [1.29, 1.82) is 0 Å². The van der Waals surface area contributed by atoms with Crippen LogP contribution in [0.2, 0.25) is 0 Å². The third-order valence-electron chi connectivity index (χ3n) is 2.42. The SMILES string of the molecule is C=CCN(CC(=O)O)C(=O)c1ccc(C)c(O)c1. The molecular formula is C13H15NO4. The van der Waals surface area contributed by atoms with Crippen LogP contribution in [0.25, 0.3) is 0 Å². The van der Waals surface area contributed by atoms with Crippen molar-refractivity contribution in [1.82, 2.24) is 4.90 Å². The number of rotatable bonds is 5. The van der Waals surface area contributed by atoms with E-state index >= 15 is 0 Å². The van der Waals surface area contributed by atoms with Gasteiger partial charge in [0.1, 0.15) is 12.3 Å². The molecule has 0 bridgehead atoms. The molecule has 0 unspecified atom stereocenters. The molecule has 0 aromatic heterocycles. The molecule has 0 radical (unpaired) electrons. The lowest BCUT2D eigenvalue weighted by atomic mass is 10.1. The average Bonchev–Trinajstić information content (AvgIpc) is 2.31. The first-order valence-electron chi connectivity index (χ1n) is 5.37. The number of carboxylic acid groups (broad SMARTS) is 1. The highest BCUT2D eigenvalue weighted by molar-refractivity contribution is 5.96. The van der Waals surface area contributed by atoms with Gasteiger partial charge in [0.2, 0.25) is 0 Å². The second-order valence-electron chi connectivity index (χ2n) is 3.87. The summed E-state index contributed by atoms with van der Waals surface area (Å²) in [5.41, 5.74) is 0.904. The highest BCUT2D eigenvalue weighted by Gasteiger charge is 2.17. The molecule has 5 nitrogen and oxygen atoms in total. The Labute approximate surface area is 105 Å². The highest BCUT2D eigenvalue weighted by Crippen LogP contribution is 2.18. The molecule has 0 spiro atoms. The molecule has 0 saturated heterocycles. The van der Waals surface area contributed by atoms with Crippen LogP contribution in [0, 0.1) is 6.92 Å². The summed E-state index contributed by atoms with van der Waals surface area (Å²) in [6, 6.07) is 4.49. The maximum atomic E-state index is 12.0. The van der Waals surface area contributed by atoms with E-state index in [4.69, 9.17) is 5.11 Å². The maximum Gasteiger partial charge on any atom is 0.323 e. The molecule has 0 aliphatic carbocycles. The number of benzene rings is 1. The van der Waals surface area contributed by atoms with E-state index in [0.29, 0.717) is 5.56 Å². The van der Waals surface area contributed by atoms with Gasteiger partial charge in [-0.1, -0.05) is 12.1 Å². The molecule has 5 heteroatoms. The van der Waals surface area contributed by atoms with Crippen molar-refractivity contribution in [3.63, 3.8) is 0 Å². The highest BCUT2D eigenvalue weighted by atomic mass is 16.4. The van der Waals surface area contributed by atoms with Gasteiger partial charge < -0.3 is 15.1 Å². The second kappa shape index (κ2) is 5.86. The molecule has 1 amide bonds. The van der Waals surface area contributed by atoms with Crippen molar-refractivity contribution in [3.05, 3.63) is 42.0 Å². The number of amides is 1. The number of carbonyl (C=O) groups excluding carboxylic acids is 1. The van der Waals surface area contributed by atoms with E-state index in [1.807, 2.05) is 0 Å². The second-order valence-corrected chi connectivity index (χ2v) is 3.87. The van der Waals surface area contributed by atoms with Crippen molar-refractivity contribution < 1.29 is 19.8 Å². The average molecular weight is 249 g/mol. The topological polar surface area (TPSA) is 77.8 Å². The van der Waals surface area contributed by atoms with E-state index in [1.165, 1.54) is 12.1 Å². The number of nitrogens with zero attached hydrogens (tertiary/aromatic N) is 1. The Bertz CT molecular complexity index is 482. The van der Waals surface area contributed by atoms with Crippen LogP contribution in [-0.2, 0) is 4.79 Å². The van der Waals surface area contributed by atoms with Gasteiger partial charge in [-0.2, -0.15) is 0 Å². The third-order valence-corrected chi connectivity index (χ3v) is 2.42. The van der Waals surface area contributed by atoms with Crippen molar-refractivity contribution >= 4 is 11.9 Å². The summed E-state index contributed by atoms with van der Waals surface area (Å²) in [6.07, 6.45) is 1.45. The van der Waals surface area contributed by atoms with E-state index in [9.17, 15) is 14.7 Å². The molecule has 18 heavy (non-hydrogen) atoms. The summed E-state index contributed by atoms with van der Waals surface area (Å²) in [7, 11) is 0. The Kier molecular flexibility index (Phi) is 4.48. The lowest BCUT2D eigenvalue weighted by Crippen LogP contribution is -2.35. The minimum Gasteiger partial charge on any atom is -0.508 e. The predicted octanol–water partition coefficient (Wildman–Crippen LogP) is 1.41. The number of hydrogen-bond acceptors (Lipinski definition) is 3. The summed E-state index contributed by atoms with van der Waals surface area (Å²) in [4.78, 5) is 23.8. The Morgan fingerprint density at radius 1 is 1.44 bits per heavy atom. The minimum absolute atomic E-state index is 0.00901. The molecule has 1 rings (SSSR count). The molecule has 0 fully saturated rings. The first-order chi connectivity index (χ1) is 8.45. The molecule has 0 atom stereocenters. The van der Waals surface area contributed by atoms with E-state index in [0.717, 1.165) is 4.90 Å². The van der Waals surface area contributed by atoms with Crippen LogP contribution in [0.15, 0.2) is 30.9 Å². The van der Waals surface area contributed by atoms with Gasteiger partial charge in [-0.15, -0.1) is 6.58 Å². The zero-order chi connectivity index (χ0) is 13.7. The summed E-state index contributed by atoms with van der Waals surface area (Å²) in [5.74, 6) is -1.54. The Hall–Kier alpha value is -2.30. The van der Waals surface area contributed by atoms with Crippen molar-refractivity contribution in [2.45, 2.75) is 6.92 Å². The fraction of sp³-hybridized carbons (Fsp3) is 0.231. The lowest BCUT2D eigenvalue weighted by Gasteiger charge is -2.19. The van der Waals surface area contributed by atoms with E-state index in [1.54, 1.807) is 19.1 Å². The summed E-state index contributed by atoms with van der Waals surface area (Å²) >= 11 is 0. The molecule has 0 aliphatic rings. The van der Waals surface area contributed by atoms with Crippen LogP contribution in [0.1, 0.15) is 15.9 Å². The van der Waals surface area contributed by atoms with Crippen molar-refractivity contribution in [2.75, 3.05) is 13.1 Å². The van der Waals surface area contributed by atoms with Crippen LogP contribution >= 0.6 is 0 Å². The Balaban J connectivity index is 2.97. The number of carbonyl (C=O) groups is 2. The number of phenolic OH excluding ortho intramolecular Hbond substituents is 1. The zero-order valence-corrected chi connectivity index (χ0v) is 10.1. The molecular weight excluding hydrogens is 234 g/mol. The van der Waals surface area contributed by atoms with Crippen molar-refractivity contribution in [3.8, 4) is 5.75 Å². The van der Waals surface area contributed by atoms with Crippen molar-refractivity contribution in [2.24, 2.45) is 0 Å². The number of aliphatic carboxylic acids is 1. The van der Waals surface area contributed by atoms with E-state index in [-0.39, 0.29) is 17.9 Å². The van der Waals surface area contributed by atoms with Crippen LogP contribution in [0.3, 0.4) is 0 Å². The quantitative estimate of drug-likeness (QED) is 0.773. The molecule has 1 aromatic carbocycles. The van der Waals surface area contributed by atoms with Crippen LogP contribution in [-0.4, -0.2) is 40.1 Å². The Morgan fingerprint density at radius 3 is 2.61 bits per heavy atom. The van der Waals surface area contributed by atoms with Gasteiger partial charge in [-0.05, 0) is 24.6 Å². The van der Waals surface area contributed by atoms with E-state index < -0.39 is 18.4 Å². The molecule has 1 aromatic rings. The first kappa shape index (κ1) is 13.8. The predicted molar refractivity (Wildman–Crippen MR) is 66.6 cm³/mol. The number of aryl methyl sites for hydroxylation is 1. The summed E-state index contributed by atoms with van der Waals surface area (Å²) < 4.78 is 0. The van der Waals surface area contributed by atoms with Gasteiger partial charge in [-0.25, -0.2) is 0 Å². The van der Waals surface area contributed by atoms with Crippen LogP contribution < -0.4 is 0 Å². The fourth-order valence-corrected chi connectivity index (χ4v) is 1.46. The monoisotopic (exact) mass is 249 g/mol. The number of aromatic hydroxyl groups is 1. The normalized spacial score (nSPS) is 9.83. The molecule has 0 saturated carbocycles. The number of hydrogen-bond donors (Lipinski definition) is 2. The molecule has 2 N–H and O–H groups in total. The number of carboxylic acids is 1. The van der Waals surface area contributed by atoms with Crippen LogP contribution in [0.4, 0.5) is 0 Å².